The van der Waals surface area contributed by atoms with Crippen molar-refractivity contribution in [2.24, 2.45) is 0 Å². The number of hydrogen-bond donors (Lipinski definition) is 1. The molecule has 0 fully saturated rings. The van der Waals surface area contributed by atoms with Crippen molar-refractivity contribution in [1.82, 2.24) is 0 Å². The third kappa shape index (κ3) is 3.63. The van der Waals surface area contributed by atoms with Crippen molar-refractivity contribution in [3.8, 4) is 5.75 Å². The molecule has 0 aromatic heterocycles. The Morgan fingerprint density at radius 1 is 1.06 bits per heavy atom. The number of nitrogens with one attached hydrogen (secondary N) is 1. The summed E-state index contributed by atoms with van der Waals surface area (Å²) >= 11 is 0. The lowest BCUT2D eigenvalue weighted by Crippen LogP contribution is -2.20. The molecule has 0 heterocycles. The van der Waals surface area contributed by atoms with Gasteiger partial charge in [0.05, 0.1) is 0 Å². The van der Waals surface area contributed by atoms with Crippen molar-refractivity contribution in [2.45, 2.75) is 0 Å². The Balaban J connectivity index is 1.84. The van der Waals surface area contributed by atoms with E-state index in [1.165, 1.54) is 0 Å². The Bertz CT molecular complexity index is 506. The van der Waals surface area contributed by atoms with Gasteiger partial charge in [-0.25, -0.2) is 0 Å². The zero-order chi connectivity index (χ0) is 12.8. The number of anilines is 1. The van der Waals surface area contributed by atoms with Gasteiger partial charge in [-0.15, -0.1) is 0 Å². The number of amides is 1. The highest BCUT2D eigenvalue weighted by Crippen LogP contribution is 2.10. The molecule has 0 saturated heterocycles. The van der Waals surface area contributed by atoms with Gasteiger partial charge < -0.3 is 10.1 Å². The van der Waals surface area contributed by atoms with Crippen LogP contribution in [0.3, 0.4) is 0 Å². The Kier molecular flexibility index (Phi) is 3.97. The summed E-state index contributed by atoms with van der Waals surface area (Å²) in [7, 11) is 0. The van der Waals surface area contributed by atoms with Gasteiger partial charge in [0.1, 0.15) is 5.75 Å². The number of para-hydroxylation sites is 1. The predicted molar refractivity (Wildman–Crippen MR) is 71.5 cm³/mol. The second-order valence-electron chi connectivity index (χ2n) is 3.85. The molecular formula is C15H14NO2. The topological polar surface area (TPSA) is 38.3 Å². The van der Waals surface area contributed by atoms with Gasteiger partial charge in [0.2, 0.25) is 0 Å². The smallest absolute Gasteiger partial charge is 0.262 e. The minimum atomic E-state index is -0.185. The molecule has 1 amide bonds. The van der Waals surface area contributed by atoms with Crippen molar-refractivity contribution < 1.29 is 9.53 Å². The normalized spacial score (nSPS) is 9.83. The lowest BCUT2D eigenvalue weighted by molar-refractivity contribution is -0.118. The van der Waals surface area contributed by atoms with Gasteiger partial charge in [-0.1, -0.05) is 30.3 Å². The lowest BCUT2D eigenvalue weighted by atomic mass is 10.2. The van der Waals surface area contributed by atoms with E-state index in [1.54, 1.807) is 0 Å². The first-order chi connectivity index (χ1) is 8.74. The maximum Gasteiger partial charge on any atom is 0.262 e. The van der Waals surface area contributed by atoms with E-state index in [1.807, 2.05) is 54.6 Å². The number of carbonyl (C=O) groups is 1. The third-order valence-electron chi connectivity index (χ3n) is 2.35. The summed E-state index contributed by atoms with van der Waals surface area (Å²) in [5, 5.41) is 2.75. The quantitative estimate of drug-likeness (QED) is 0.892. The summed E-state index contributed by atoms with van der Waals surface area (Å²) in [4.78, 5) is 11.6. The van der Waals surface area contributed by atoms with Crippen molar-refractivity contribution in [3.63, 3.8) is 0 Å². The molecule has 91 valence electrons. The minimum absolute atomic E-state index is 0.00383. The van der Waals surface area contributed by atoms with Crippen LogP contribution in [0.5, 0.6) is 5.75 Å². The van der Waals surface area contributed by atoms with E-state index in [2.05, 4.69) is 12.2 Å². The van der Waals surface area contributed by atoms with E-state index >= 15 is 0 Å². The first-order valence-corrected chi connectivity index (χ1v) is 5.64. The molecule has 0 atom stereocenters. The highest BCUT2D eigenvalue weighted by molar-refractivity contribution is 5.91. The maximum atomic E-state index is 11.6. The second kappa shape index (κ2) is 5.87. The molecule has 1 radical (unpaired) electrons. The fraction of sp³-hybridized carbons (Fsp3) is 0.0667. The molecule has 1 N–H and O–H groups in total. The van der Waals surface area contributed by atoms with Gasteiger partial charge in [0.25, 0.3) is 5.91 Å². The van der Waals surface area contributed by atoms with Crippen LogP contribution in [0.1, 0.15) is 5.56 Å². The molecule has 2 aromatic rings. The summed E-state index contributed by atoms with van der Waals surface area (Å²) < 4.78 is 5.34. The van der Waals surface area contributed by atoms with Crippen LogP contribution in [0.15, 0.2) is 54.6 Å². The number of ether oxygens (including phenoxy) is 1. The summed E-state index contributed by atoms with van der Waals surface area (Å²) in [6, 6.07) is 16.5. The van der Waals surface area contributed by atoms with E-state index in [0.717, 1.165) is 11.3 Å². The Labute approximate surface area is 106 Å². The fourth-order valence-electron chi connectivity index (χ4n) is 1.45. The summed E-state index contributed by atoms with van der Waals surface area (Å²) in [5.74, 6) is 0.497. The molecule has 0 unspecified atom stereocenters. The van der Waals surface area contributed by atoms with E-state index in [-0.39, 0.29) is 12.5 Å². The minimum Gasteiger partial charge on any atom is -0.484 e. The first kappa shape index (κ1) is 12.2. The van der Waals surface area contributed by atoms with E-state index < -0.39 is 0 Å². The monoisotopic (exact) mass is 240 g/mol. The third-order valence-corrected chi connectivity index (χ3v) is 2.35. The van der Waals surface area contributed by atoms with Crippen molar-refractivity contribution in [3.05, 3.63) is 67.1 Å². The number of benzene rings is 2. The van der Waals surface area contributed by atoms with E-state index in [4.69, 9.17) is 4.74 Å². The zero-order valence-corrected chi connectivity index (χ0v) is 9.93. The highest BCUT2D eigenvalue weighted by atomic mass is 16.5. The van der Waals surface area contributed by atoms with E-state index in [9.17, 15) is 4.79 Å². The fourth-order valence-corrected chi connectivity index (χ4v) is 1.45. The number of rotatable bonds is 4. The molecule has 3 nitrogen and oxygen atoms in total. The largest absolute Gasteiger partial charge is 0.484 e. The Morgan fingerprint density at radius 3 is 2.39 bits per heavy atom. The molecule has 2 rings (SSSR count). The van der Waals surface area contributed by atoms with Crippen molar-refractivity contribution >= 4 is 11.6 Å². The van der Waals surface area contributed by atoms with Crippen LogP contribution < -0.4 is 10.1 Å². The molecule has 18 heavy (non-hydrogen) atoms. The van der Waals surface area contributed by atoms with Crippen LogP contribution in [0.2, 0.25) is 0 Å². The molecule has 0 spiro atoms. The summed E-state index contributed by atoms with van der Waals surface area (Å²) in [6.07, 6.45) is 0. The highest BCUT2D eigenvalue weighted by Gasteiger charge is 2.03. The van der Waals surface area contributed by atoms with Crippen molar-refractivity contribution in [1.29, 1.82) is 0 Å². The van der Waals surface area contributed by atoms with Crippen LogP contribution in [-0.2, 0) is 4.79 Å². The van der Waals surface area contributed by atoms with Gasteiger partial charge in [-0.3, -0.25) is 4.79 Å². The lowest BCUT2D eigenvalue weighted by Gasteiger charge is -2.07. The molecule has 0 bridgehead atoms. The van der Waals surface area contributed by atoms with Crippen LogP contribution in [0.4, 0.5) is 5.69 Å². The standard InChI is InChI=1S/C15H14NO2/c1-12-7-9-13(10-8-12)16-15(17)11-18-14-5-3-2-4-6-14/h2-10H,1,11H2,(H,16,17). The van der Waals surface area contributed by atoms with Gasteiger partial charge in [0.15, 0.2) is 6.61 Å². The molecule has 3 heteroatoms. The van der Waals surface area contributed by atoms with E-state index in [0.29, 0.717) is 5.75 Å². The van der Waals surface area contributed by atoms with Crippen LogP contribution in [0.25, 0.3) is 0 Å². The van der Waals surface area contributed by atoms with Crippen LogP contribution in [-0.4, -0.2) is 12.5 Å². The van der Waals surface area contributed by atoms with Gasteiger partial charge in [0, 0.05) is 5.69 Å². The van der Waals surface area contributed by atoms with Crippen LogP contribution in [0, 0.1) is 6.92 Å². The van der Waals surface area contributed by atoms with Gasteiger partial charge in [-0.05, 0) is 36.8 Å². The molecule has 0 saturated carbocycles. The summed E-state index contributed by atoms with van der Waals surface area (Å²) in [6.45, 7) is 3.78. The number of hydrogen-bond acceptors (Lipinski definition) is 2. The second-order valence-corrected chi connectivity index (χ2v) is 3.85. The number of carbonyl (C=O) groups excluding carboxylic acids is 1. The Morgan fingerprint density at radius 2 is 1.72 bits per heavy atom. The maximum absolute atomic E-state index is 11.6. The average Bonchev–Trinajstić information content (AvgIpc) is 2.40. The molecule has 0 aliphatic rings. The van der Waals surface area contributed by atoms with Gasteiger partial charge in [-0.2, -0.15) is 0 Å². The predicted octanol–water partition coefficient (Wildman–Crippen LogP) is 2.89. The van der Waals surface area contributed by atoms with Gasteiger partial charge >= 0.3 is 0 Å². The Hall–Kier alpha value is -2.29. The molecule has 2 aromatic carbocycles. The molecule has 0 aliphatic heterocycles. The SMILES string of the molecule is [CH2]c1ccc(NC(=O)COc2ccccc2)cc1. The van der Waals surface area contributed by atoms with Crippen LogP contribution >= 0.6 is 0 Å². The summed E-state index contributed by atoms with van der Waals surface area (Å²) in [5.41, 5.74) is 1.65. The zero-order valence-electron chi connectivity index (χ0n) is 9.93. The van der Waals surface area contributed by atoms with Crippen molar-refractivity contribution in [2.75, 3.05) is 11.9 Å². The molecular weight excluding hydrogens is 226 g/mol. The first-order valence-electron chi connectivity index (χ1n) is 5.64. The average molecular weight is 240 g/mol. The molecule has 0 aliphatic carbocycles.